The van der Waals surface area contributed by atoms with E-state index in [1.807, 2.05) is 6.92 Å². The van der Waals surface area contributed by atoms with Crippen LogP contribution in [0.2, 0.25) is 0 Å². The topological polar surface area (TPSA) is 75.6 Å². The molecule has 0 heterocycles. The number of ether oxygens (including phenoxy) is 1. The summed E-state index contributed by atoms with van der Waals surface area (Å²) in [6.45, 7) is 13.5. The summed E-state index contributed by atoms with van der Waals surface area (Å²) in [5.41, 5.74) is -1.33. The molecule has 1 aliphatic rings. The van der Waals surface area contributed by atoms with Gasteiger partial charge in [-0.15, -0.1) is 0 Å². The first-order valence-electron chi connectivity index (χ1n) is 7.53. The standard InChI is InChI=1S/C16H29NO4/c1-10-8-9-16(7,15(10,5)6)11(12(18)19)17-13(20)21-14(2,3)4/h10-11H,8-9H2,1-7H3,(H,17,20)(H,18,19)/t10-,11+,16-/m0/s1. The van der Waals surface area contributed by atoms with Crippen LogP contribution >= 0.6 is 0 Å². The fourth-order valence-corrected chi connectivity index (χ4v) is 3.20. The Balaban J connectivity index is 2.98. The highest BCUT2D eigenvalue weighted by molar-refractivity contribution is 5.81. The van der Waals surface area contributed by atoms with Crippen molar-refractivity contribution >= 4 is 12.1 Å². The minimum Gasteiger partial charge on any atom is -0.480 e. The average Bonchev–Trinajstić information content (AvgIpc) is 2.48. The van der Waals surface area contributed by atoms with Crippen molar-refractivity contribution in [3.8, 4) is 0 Å². The SMILES string of the molecule is C[C@H]1CC[C@@](C)([C@H](NC(=O)OC(C)(C)C)C(=O)O)C1(C)C. The molecule has 3 atom stereocenters. The van der Waals surface area contributed by atoms with Gasteiger partial charge in [-0.3, -0.25) is 0 Å². The molecule has 2 N–H and O–H groups in total. The van der Waals surface area contributed by atoms with Gasteiger partial charge in [-0.05, 0) is 44.9 Å². The molecule has 5 heteroatoms. The lowest BCUT2D eigenvalue weighted by Gasteiger charge is -2.44. The van der Waals surface area contributed by atoms with Gasteiger partial charge in [0.2, 0.25) is 0 Å². The molecule has 0 bridgehead atoms. The predicted octanol–water partition coefficient (Wildman–Crippen LogP) is 3.43. The Morgan fingerprint density at radius 2 is 1.81 bits per heavy atom. The van der Waals surface area contributed by atoms with Crippen molar-refractivity contribution in [1.29, 1.82) is 0 Å². The Morgan fingerprint density at radius 1 is 1.29 bits per heavy atom. The minimum absolute atomic E-state index is 0.176. The molecule has 0 aromatic rings. The van der Waals surface area contributed by atoms with E-state index >= 15 is 0 Å². The Morgan fingerprint density at radius 3 is 2.14 bits per heavy atom. The van der Waals surface area contributed by atoms with Gasteiger partial charge in [-0.25, -0.2) is 9.59 Å². The summed E-state index contributed by atoms with van der Waals surface area (Å²) < 4.78 is 5.20. The molecule has 1 fully saturated rings. The number of alkyl carbamates (subject to hydrolysis) is 1. The van der Waals surface area contributed by atoms with Gasteiger partial charge in [0.25, 0.3) is 0 Å². The van der Waals surface area contributed by atoms with Crippen molar-refractivity contribution in [3.05, 3.63) is 0 Å². The van der Waals surface area contributed by atoms with Crippen LogP contribution in [0.25, 0.3) is 0 Å². The Bertz CT molecular complexity index is 424. The van der Waals surface area contributed by atoms with Gasteiger partial charge in [0, 0.05) is 5.41 Å². The average molecular weight is 299 g/mol. The summed E-state index contributed by atoms with van der Waals surface area (Å²) in [5, 5.41) is 12.2. The van der Waals surface area contributed by atoms with Gasteiger partial charge in [0.1, 0.15) is 11.6 Å². The predicted molar refractivity (Wildman–Crippen MR) is 81.1 cm³/mol. The Labute approximate surface area is 127 Å². The highest BCUT2D eigenvalue weighted by Gasteiger charge is 2.56. The number of carboxylic acids is 1. The molecular formula is C16H29NO4. The fraction of sp³-hybridized carbons (Fsp3) is 0.875. The smallest absolute Gasteiger partial charge is 0.408 e. The molecule has 1 amide bonds. The summed E-state index contributed by atoms with van der Waals surface area (Å²) in [5.74, 6) is -0.602. The van der Waals surface area contributed by atoms with Crippen LogP contribution < -0.4 is 5.32 Å². The quantitative estimate of drug-likeness (QED) is 0.837. The summed E-state index contributed by atoms with van der Waals surface area (Å²) in [6.07, 6.45) is 1.06. The van der Waals surface area contributed by atoms with Crippen LogP contribution in [0.4, 0.5) is 4.79 Å². The van der Waals surface area contributed by atoms with Gasteiger partial charge < -0.3 is 15.2 Å². The molecule has 1 rings (SSSR count). The molecule has 0 aliphatic heterocycles. The second-order valence-corrected chi connectivity index (χ2v) is 8.00. The third-order valence-corrected chi connectivity index (χ3v) is 5.35. The number of carbonyl (C=O) groups is 2. The van der Waals surface area contributed by atoms with Crippen LogP contribution in [0, 0.1) is 16.7 Å². The zero-order valence-electron chi connectivity index (χ0n) is 14.2. The van der Waals surface area contributed by atoms with Gasteiger partial charge >= 0.3 is 12.1 Å². The Kier molecular flexibility index (Phi) is 4.66. The molecule has 122 valence electrons. The van der Waals surface area contributed by atoms with E-state index in [4.69, 9.17) is 4.74 Å². The van der Waals surface area contributed by atoms with Crippen LogP contribution in [0.5, 0.6) is 0 Å². The second-order valence-electron chi connectivity index (χ2n) is 8.00. The first-order chi connectivity index (χ1) is 9.31. The second kappa shape index (κ2) is 5.50. The van der Waals surface area contributed by atoms with Crippen LogP contribution in [0.15, 0.2) is 0 Å². The number of nitrogens with one attached hydrogen (secondary N) is 1. The van der Waals surface area contributed by atoms with E-state index in [0.29, 0.717) is 5.92 Å². The number of hydrogen-bond donors (Lipinski definition) is 2. The maximum Gasteiger partial charge on any atom is 0.408 e. The van der Waals surface area contributed by atoms with Crippen molar-refractivity contribution in [2.24, 2.45) is 16.7 Å². The lowest BCUT2D eigenvalue weighted by Crippen LogP contribution is -2.56. The molecule has 0 unspecified atom stereocenters. The largest absolute Gasteiger partial charge is 0.480 e. The van der Waals surface area contributed by atoms with E-state index in [1.165, 1.54) is 0 Å². The first-order valence-corrected chi connectivity index (χ1v) is 7.53. The van der Waals surface area contributed by atoms with E-state index in [-0.39, 0.29) is 5.41 Å². The van der Waals surface area contributed by atoms with E-state index in [9.17, 15) is 14.7 Å². The van der Waals surface area contributed by atoms with Gasteiger partial charge in [0.15, 0.2) is 0 Å². The summed E-state index contributed by atoms with van der Waals surface area (Å²) in [7, 11) is 0. The molecule has 0 aromatic carbocycles. The number of rotatable bonds is 3. The van der Waals surface area contributed by atoms with Crippen molar-refractivity contribution < 1.29 is 19.4 Å². The molecule has 0 spiro atoms. The normalized spacial score (nSPS) is 29.8. The van der Waals surface area contributed by atoms with Crippen molar-refractivity contribution in [2.45, 2.75) is 73.0 Å². The molecule has 5 nitrogen and oxygen atoms in total. The molecule has 21 heavy (non-hydrogen) atoms. The zero-order chi connectivity index (χ0) is 16.6. The molecule has 0 saturated heterocycles. The van der Waals surface area contributed by atoms with Crippen molar-refractivity contribution in [3.63, 3.8) is 0 Å². The number of hydrogen-bond acceptors (Lipinski definition) is 3. The lowest BCUT2D eigenvalue weighted by molar-refractivity contribution is -0.145. The number of carbonyl (C=O) groups excluding carboxylic acids is 1. The van der Waals surface area contributed by atoms with Gasteiger partial charge in [0.05, 0.1) is 0 Å². The van der Waals surface area contributed by atoms with Crippen LogP contribution in [-0.4, -0.2) is 28.8 Å². The third-order valence-electron chi connectivity index (χ3n) is 5.35. The highest BCUT2D eigenvalue weighted by Crippen LogP contribution is 2.57. The van der Waals surface area contributed by atoms with Crippen LogP contribution in [0.1, 0.15) is 61.3 Å². The molecule has 0 radical (unpaired) electrons. The summed E-state index contributed by atoms with van der Waals surface area (Å²) >= 11 is 0. The molecule has 1 saturated carbocycles. The number of aliphatic carboxylic acids is 1. The monoisotopic (exact) mass is 299 g/mol. The van der Waals surface area contributed by atoms with Crippen LogP contribution in [-0.2, 0) is 9.53 Å². The van der Waals surface area contributed by atoms with E-state index in [2.05, 4.69) is 26.1 Å². The Hall–Kier alpha value is -1.26. The van der Waals surface area contributed by atoms with Crippen molar-refractivity contribution in [2.75, 3.05) is 0 Å². The zero-order valence-corrected chi connectivity index (χ0v) is 14.2. The molecule has 0 aromatic heterocycles. The third kappa shape index (κ3) is 3.50. The fourth-order valence-electron chi connectivity index (χ4n) is 3.20. The van der Waals surface area contributed by atoms with Crippen molar-refractivity contribution in [1.82, 2.24) is 5.32 Å². The van der Waals surface area contributed by atoms with Crippen LogP contribution in [0.3, 0.4) is 0 Å². The van der Waals surface area contributed by atoms with Gasteiger partial charge in [-0.2, -0.15) is 0 Å². The molecule has 1 aliphatic carbocycles. The lowest BCUT2D eigenvalue weighted by atomic mass is 9.62. The first kappa shape index (κ1) is 17.8. The maximum absolute atomic E-state index is 12.0. The summed E-state index contributed by atoms with van der Waals surface area (Å²) in [6, 6.07) is -0.952. The highest BCUT2D eigenvalue weighted by atomic mass is 16.6. The summed E-state index contributed by atoms with van der Waals surface area (Å²) in [4.78, 5) is 23.7. The number of carboxylic acid groups (broad SMARTS) is 1. The van der Waals surface area contributed by atoms with E-state index in [1.54, 1.807) is 20.8 Å². The van der Waals surface area contributed by atoms with Gasteiger partial charge in [-0.1, -0.05) is 27.7 Å². The minimum atomic E-state index is -1.01. The van der Waals surface area contributed by atoms with E-state index < -0.39 is 29.1 Å². The van der Waals surface area contributed by atoms with E-state index in [0.717, 1.165) is 12.8 Å². The number of amides is 1. The maximum atomic E-state index is 12.0. The molecular weight excluding hydrogens is 270 g/mol.